The largest absolute Gasteiger partial charge is 0.497 e. The molecule has 0 fully saturated rings. The molecule has 2 aromatic carbocycles. The van der Waals surface area contributed by atoms with Crippen LogP contribution in [0.2, 0.25) is 0 Å². The predicted molar refractivity (Wildman–Crippen MR) is 83.5 cm³/mol. The van der Waals surface area contributed by atoms with Crippen LogP contribution >= 0.6 is 0 Å². The van der Waals surface area contributed by atoms with Crippen molar-refractivity contribution in [2.75, 3.05) is 7.11 Å². The molecule has 0 unspecified atom stereocenters. The summed E-state index contributed by atoms with van der Waals surface area (Å²) in [5, 5.41) is 1.22. The summed E-state index contributed by atoms with van der Waals surface area (Å²) in [6.07, 6.45) is 2.14. The van der Waals surface area contributed by atoms with Crippen molar-refractivity contribution < 1.29 is 4.74 Å². The van der Waals surface area contributed by atoms with Crippen LogP contribution in [-0.2, 0) is 6.54 Å². The summed E-state index contributed by atoms with van der Waals surface area (Å²) < 4.78 is 7.56. The van der Waals surface area contributed by atoms with Crippen LogP contribution in [-0.4, -0.2) is 11.7 Å². The first kappa shape index (κ1) is 12.8. The van der Waals surface area contributed by atoms with Crippen molar-refractivity contribution in [2.45, 2.75) is 20.4 Å². The van der Waals surface area contributed by atoms with Gasteiger partial charge in [0.1, 0.15) is 5.75 Å². The number of ether oxygens (including phenoxy) is 1. The third-order valence-corrected chi connectivity index (χ3v) is 3.82. The Kier molecular flexibility index (Phi) is 3.23. The topological polar surface area (TPSA) is 14.2 Å². The highest BCUT2D eigenvalue weighted by atomic mass is 16.5. The molecule has 0 radical (unpaired) electrons. The van der Waals surface area contributed by atoms with E-state index >= 15 is 0 Å². The average Bonchev–Trinajstić information content (AvgIpc) is 2.84. The molecule has 0 bridgehead atoms. The molecule has 1 aromatic heterocycles. The Labute approximate surface area is 119 Å². The Bertz CT molecular complexity index is 755. The summed E-state index contributed by atoms with van der Waals surface area (Å²) in [4.78, 5) is 0. The van der Waals surface area contributed by atoms with E-state index in [1.54, 1.807) is 7.11 Å². The second kappa shape index (κ2) is 5.04. The monoisotopic (exact) mass is 265 g/mol. The van der Waals surface area contributed by atoms with Crippen molar-refractivity contribution in [3.05, 3.63) is 65.4 Å². The van der Waals surface area contributed by atoms with Gasteiger partial charge in [0.05, 0.1) is 7.11 Å². The van der Waals surface area contributed by atoms with Crippen LogP contribution < -0.4 is 4.74 Å². The average molecular weight is 265 g/mol. The molecule has 2 heteroatoms. The second-order valence-electron chi connectivity index (χ2n) is 5.30. The van der Waals surface area contributed by atoms with Gasteiger partial charge in [-0.2, -0.15) is 0 Å². The Morgan fingerprint density at radius 3 is 2.60 bits per heavy atom. The Balaban J connectivity index is 1.98. The second-order valence-corrected chi connectivity index (χ2v) is 5.30. The number of fused-ring (bicyclic) bond motifs is 1. The van der Waals surface area contributed by atoms with Crippen LogP contribution in [0, 0.1) is 13.8 Å². The highest BCUT2D eigenvalue weighted by Gasteiger charge is 2.05. The van der Waals surface area contributed by atoms with Gasteiger partial charge < -0.3 is 9.30 Å². The standard InChI is InChI=1S/C18H19NO/c1-13-4-5-16(14(2)10-13)12-19-9-8-15-11-17(20-3)6-7-18(15)19/h4-11H,12H2,1-3H3. The van der Waals surface area contributed by atoms with E-state index in [1.165, 1.54) is 27.6 Å². The summed E-state index contributed by atoms with van der Waals surface area (Å²) >= 11 is 0. The van der Waals surface area contributed by atoms with Gasteiger partial charge in [-0.15, -0.1) is 0 Å². The summed E-state index contributed by atoms with van der Waals surface area (Å²) in [6.45, 7) is 5.22. The maximum absolute atomic E-state index is 5.27. The van der Waals surface area contributed by atoms with Gasteiger partial charge in [0.2, 0.25) is 0 Å². The van der Waals surface area contributed by atoms with Crippen LogP contribution in [0.1, 0.15) is 16.7 Å². The first-order valence-electron chi connectivity index (χ1n) is 6.86. The number of hydrogen-bond acceptors (Lipinski definition) is 1. The molecule has 3 rings (SSSR count). The van der Waals surface area contributed by atoms with Crippen molar-refractivity contribution >= 4 is 10.9 Å². The molecule has 2 nitrogen and oxygen atoms in total. The van der Waals surface area contributed by atoms with E-state index in [2.05, 4.69) is 61.0 Å². The molecule has 0 aliphatic rings. The molecule has 0 saturated carbocycles. The molecule has 0 aliphatic heterocycles. The number of nitrogens with zero attached hydrogens (tertiary/aromatic N) is 1. The van der Waals surface area contributed by atoms with Gasteiger partial charge in [0.25, 0.3) is 0 Å². The lowest BCUT2D eigenvalue weighted by Gasteiger charge is -2.10. The molecule has 0 N–H and O–H groups in total. The molecule has 1 heterocycles. The number of aromatic nitrogens is 1. The van der Waals surface area contributed by atoms with Crippen LogP contribution in [0.3, 0.4) is 0 Å². The van der Waals surface area contributed by atoms with Gasteiger partial charge in [-0.05, 0) is 49.2 Å². The zero-order valence-corrected chi connectivity index (χ0v) is 12.2. The van der Waals surface area contributed by atoms with E-state index in [0.717, 1.165) is 12.3 Å². The molecule has 0 saturated heterocycles. The number of methoxy groups -OCH3 is 1. The lowest BCUT2D eigenvalue weighted by atomic mass is 10.1. The van der Waals surface area contributed by atoms with E-state index in [1.807, 2.05) is 6.07 Å². The minimum absolute atomic E-state index is 0.904. The van der Waals surface area contributed by atoms with Gasteiger partial charge in [-0.1, -0.05) is 23.8 Å². The van der Waals surface area contributed by atoms with Gasteiger partial charge in [0.15, 0.2) is 0 Å². The summed E-state index contributed by atoms with van der Waals surface area (Å²) in [7, 11) is 1.70. The molecule has 0 atom stereocenters. The lowest BCUT2D eigenvalue weighted by Crippen LogP contribution is -2.00. The molecule has 0 aliphatic carbocycles. The number of rotatable bonds is 3. The molecule has 0 spiro atoms. The fourth-order valence-electron chi connectivity index (χ4n) is 2.65. The van der Waals surface area contributed by atoms with Crippen LogP contribution in [0.15, 0.2) is 48.7 Å². The Hall–Kier alpha value is -2.22. The van der Waals surface area contributed by atoms with Crippen LogP contribution in [0.4, 0.5) is 0 Å². The molecule has 20 heavy (non-hydrogen) atoms. The summed E-state index contributed by atoms with van der Waals surface area (Å²) in [6, 6.07) is 15.0. The third kappa shape index (κ3) is 2.29. The van der Waals surface area contributed by atoms with E-state index in [4.69, 9.17) is 4.74 Å². The van der Waals surface area contributed by atoms with E-state index in [-0.39, 0.29) is 0 Å². The van der Waals surface area contributed by atoms with E-state index in [0.29, 0.717) is 0 Å². The van der Waals surface area contributed by atoms with Gasteiger partial charge in [-0.3, -0.25) is 0 Å². The summed E-state index contributed by atoms with van der Waals surface area (Å²) in [5.74, 6) is 0.904. The SMILES string of the molecule is COc1ccc2c(ccn2Cc2ccc(C)cc2C)c1. The fraction of sp³-hybridized carbons (Fsp3) is 0.222. The normalized spacial score (nSPS) is 10.9. The third-order valence-electron chi connectivity index (χ3n) is 3.82. The van der Waals surface area contributed by atoms with Crippen LogP contribution in [0.5, 0.6) is 5.75 Å². The van der Waals surface area contributed by atoms with Crippen molar-refractivity contribution in [1.82, 2.24) is 4.57 Å². The van der Waals surface area contributed by atoms with E-state index < -0.39 is 0 Å². The predicted octanol–water partition coefficient (Wildman–Crippen LogP) is 4.32. The minimum atomic E-state index is 0.904. The highest BCUT2D eigenvalue weighted by Crippen LogP contribution is 2.23. The zero-order chi connectivity index (χ0) is 14.1. The molecular formula is C18H19NO. The molecule has 102 valence electrons. The quantitative estimate of drug-likeness (QED) is 0.688. The molecular weight excluding hydrogens is 246 g/mol. The summed E-state index contributed by atoms with van der Waals surface area (Å²) in [5.41, 5.74) is 5.27. The van der Waals surface area contributed by atoms with Crippen molar-refractivity contribution in [3.63, 3.8) is 0 Å². The Morgan fingerprint density at radius 2 is 1.85 bits per heavy atom. The van der Waals surface area contributed by atoms with Crippen molar-refractivity contribution in [3.8, 4) is 5.75 Å². The van der Waals surface area contributed by atoms with Gasteiger partial charge in [-0.25, -0.2) is 0 Å². The zero-order valence-electron chi connectivity index (χ0n) is 12.2. The highest BCUT2D eigenvalue weighted by molar-refractivity contribution is 5.81. The maximum atomic E-state index is 5.27. The number of hydrogen-bond donors (Lipinski definition) is 0. The van der Waals surface area contributed by atoms with Crippen LogP contribution in [0.25, 0.3) is 10.9 Å². The smallest absolute Gasteiger partial charge is 0.119 e. The van der Waals surface area contributed by atoms with Crippen molar-refractivity contribution in [2.24, 2.45) is 0 Å². The minimum Gasteiger partial charge on any atom is -0.497 e. The van der Waals surface area contributed by atoms with E-state index in [9.17, 15) is 0 Å². The first-order chi connectivity index (χ1) is 9.67. The maximum Gasteiger partial charge on any atom is 0.119 e. The van der Waals surface area contributed by atoms with Gasteiger partial charge in [0, 0.05) is 23.6 Å². The fourth-order valence-corrected chi connectivity index (χ4v) is 2.65. The first-order valence-corrected chi connectivity index (χ1v) is 6.86. The molecule has 3 aromatic rings. The number of aryl methyl sites for hydroxylation is 2. The van der Waals surface area contributed by atoms with Gasteiger partial charge >= 0.3 is 0 Å². The van der Waals surface area contributed by atoms with Crippen molar-refractivity contribution in [1.29, 1.82) is 0 Å². The number of benzene rings is 2. The molecule has 0 amide bonds. The Morgan fingerprint density at radius 1 is 1.00 bits per heavy atom. The lowest BCUT2D eigenvalue weighted by molar-refractivity contribution is 0.415.